The van der Waals surface area contributed by atoms with E-state index in [1.807, 2.05) is 0 Å². The molecule has 0 spiro atoms. The van der Waals surface area contributed by atoms with Gasteiger partial charge in [0.25, 0.3) is 0 Å². The summed E-state index contributed by atoms with van der Waals surface area (Å²) >= 11 is 5.89. The van der Waals surface area contributed by atoms with Crippen LogP contribution in [0.5, 0.6) is 0 Å². The molecule has 1 atom stereocenters. The van der Waals surface area contributed by atoms with Crippen LogP contribution in [0.4, 0.5) is 5.69 Å². The minimum atomic E-state index is -3.61. The Morgan fingerprint density at radius 3 is 2.86 bits per heavy atom. The Hall–Kier alpha value is -0.820. The Morgan fingerprint density at radius 2 is 2.19 bits per heavy atom. The SMILES string of the molecule is Cc1c(N)cc(Cl)cc1S(=O)(=O)NCCC1CCCCO1. The molecule has 1 unspecified atom stereocenters. The van der Waals surface area contributed by atoms with Crippen molar-refractivity contribution in [1.82, 2.24) is 4.72 Å². The Bertz CT molecular complexity index is 598. The molecule has 21 heavy (non-hydrogen) atoms. The van der Waals surface area contributed by atoms with Crippen molar-refractivity contribution in [1.29, 1.82) is 0 Å². The fourth-order valence-electron chi connectivity index (χ4n) is 2.42. The van der Waals surface area contributed by atoms with Gasteiger partial charge in [0.2, 0.25) is 10.0 Å². The lowest BCUT2D eigenvalue weighted by molar-refractivity contribution is 0.0123. The average molecular weight is 333 g/mol. The Kier molecular flexibility index (Phi) is 5.48. The predicted octanol–water partition coefficient (Wildman–Crippen LogP) is 2.47. The van der Waals surface area contributed by atoms with Gasteiger partial charge in [0, 0.05) is 23.9 Å². The van der Waals surface area contributed by atoms with Crippen LogP contribution in [0.3, 0.4) is 0 Å². The molecule has 118 valence electrons. The zero-order chi connectivity index (χ0) is 15.5. The second-order valence-corrected chi connectivity index (χ2v) is 7.46. The molecule has 1 saturated heterocycles. The van der Waals surface area contributed by atoms with Gasteiger partial charge in [0.05, 0.1) is 11.0 Å². The van der Waals surface area contributed by atoms with Crippen LogP contribution in [0.2, 0.25) is 5.02 Å². The lowest BCUT2D eigenvalue weighted by Gasteiger charge is -2.22. The van der Waals surface area contributed by atoms with E-state index in [1.54, 1.807) is 13.0 Å². The number of nitrogen functional groups attached to an aromatic ring is 1. The maximum Gasteiger partial charge on any atom is 0.240 e. The maximum absolute atomic E-state index is 12.3. The molecule has 0 radical (unpaired) electrons. The fourth-order valence-corrected chi connectivity index (χ4v) is 4.06. The number of benzene rings is 1. The number of sulfonamides is 1. The lowest BCUT2D eigenvalue weighted by atomic mass is 10.1. The number of hydrogen-bond donors (Lipinski definition) is 2. The fraction of sp³-hybridized carbons (Fsp3) is 0.571. The number of rotatable bonds is 5. The summed E-state index contributed by atoms with van der Waals surface area (Å²) in [5, 5.41) is 0.314. The number of anilines is 1. The molecule has 2 rings (SSSR count). The molecule has 0 aromatic heterocycles. The van der Waals surface area contributed by atoms with Gasteiger partial charge in [-0.15, -0.1) is 0 Å². The van der Waals surface area contributed by atoms with Gasteiger partial charge in [-0.1, -0.05) is 11.6 Å². The van der Waals surface area contributed by atoms with E-state index in [4.69, 9.17) is 22.1 Å². The van der Waals surface area contributed by atoms with Gasteiger partial charge in [-0.05, 0) is 50.3 Å². The summed E-state index contributed by atoms with van der Waals surface area (Å²) in [4.78, 5) is 0.136. The molecule has 0 aliphatic carbocycles. The van der Waals surface area contributed by atoms with E-state index in [1.165, 1.54) is 6.07 Å². The number of hydrogen-bond acceptors (Lipinski definition) is 4. The summed E-state index contributed by atoms with van der Waals surface area (Å²) in [6.07, 6.45) is 4.04. The van der Waals surface area contributed by atoms with Crippen LogP contribution in [0.25, 0.3) is 0 Å². The topological polar surface area (TPSA) is 81.4 Å². The molecule has 1 aliphatic rings. The highest BCUT2D eigenvalue weighted by atomic mass is 35.5. The van der Waals surface area contributed by atoms with Crippen molar-refractivity contribution < 1.29 is 13.2 Å². The van der Waals surface area contributed by atoms with Crippen LogP contribution >= 0.6 is 11.6 Å². The highest BCUT2D eigenvalue weighted by molar-refractivity contribution is 7.89. The van der Waals surface area contributed by atoms with Crippen LogP contribution in [0.15, 0.2) is 17.0 Å². The van der Waals surface area contributed by atoms with Gasteiger partial charge in [-0.25, -0.2) is 13.1 Å². The van der Waals surface area contributed by atoms with Gasteiger partial charge < -0.3 is 10.5 Å². The summed E-state index contributed by atoms with van der Waals surface area (Å²) in [5.41, 5.74) is 6.66. The Labute approximate surface area is 130 Å². The molecule has 3 N–H and O–H groups in total. The largest absolute Gasteiger partial charge is 0.398 e. The van der Waals surface area contributed by atoms with Crippen LogP contribution in [-0.2, 0) is 14.8 Å². The molecular formula is C14H21ClN2O3S. The second-order valence-electron chi connectivity index (χ2n) is 5.29. The van der Waals surface area contributed by atoms with Crippen molar-refractivity contribution in [2.75, 3.05) is 18.9 Å². The first-order valence-corrected chi connectivity index (χ1v) is 8.93. The monoisotopic (exact) mass is 332 g/mol. The standard InChI is InChI=1S/C14H21ClN2O3S/c1-10-13(16)8-11(15)9-14(10)21(18,19)17-6-5-12-4-2-3-7-20-12/h8-9,12,17H,2-7,16H2,1H3. The molecule has 0 bridgehead atoms. The summed E-state index contributed by atoms with van der Waals surface area (Å²) in [6, 6.07) is 2.97. The van der Waals surface area contributed by atoms with Crippen molar-refractivity contribution in [3.05, 3.63) is 22.7 Å². The van der Waals surface area contributed by atoms with Crippen molar-refractivity contribution >= 4 is 27.3 Å². The molecule has 1 aliphatic heterocycles. The smallest absolute Gasteiger partial charge is 0.240 e. The average Bonchev–Trinajstić information content (AvgIpc) is 2.43. The third-order valence-electron chi connectivity index (χ3n) is 3.69. The maximum atomic E-state index is 12.3. The number of nitrogens with one attached hydrogen (secondary N) is 1. The molecule has 0 saturated carbocycles. The Morgan fingerprint density at radius 1 is 1.43 bits per heavy atom. The van der Waals surface area contributed by atoms with Crippen LogP contribution in [-0.4, -0.2) is 27.7 Å². The Balaban J connectivity index is 2.01. The van der Waals surface area contributed by atoms with E-state index < -0.39 is 10.0 Å². The summed E-state index contributed by atoms with van der Waals surface area (Å²) in [5.74, 6) is 0. The van der Waals surface area contributed by atoms with Crippen LogP contribution in [0, 0.1) is 6.92 Å². The van der Waals surface area contributed by atoms with Crippen molar-refractivity contribution in [2.45, 2.75) is 43.6 Å². The number of nitrogens with two attached hydrogens (primary N) is 1. The summed E-state index contributed by atoms with van der Waals surface area (Å²) in [6.45, 7) is 2.78. The third-order valence-corrected chi connectivity index (χ3v) is 5.49. The predicted molar refractivity (Wildman–Crippen MR) is 84.0 cm³/mol. The quantitative estimate of drug-likeness (QED) is 0.811. The highest BCUT2D eigenvalue weighted by Crippen LogP contribution is 2.26. The molecular weight excluding hydrogens is 312 g/mol. The van der Waals surface area contributed by atoms with Crippen molar-refractivity contribution in [3.8, 4) is 0 Å². The third kappa shape index (κ3) is 4.32. The molecule has 1 aromatic rings. The first-order valence-electron chi connectivity index (χ1n) is 7.07. The number of halogens is 1. The van der Waals surface area contributed by atoms with Crippen molar-refractivity contribution in [3.63, 3.8) is 0 Å². The van der Waals surface area contributed by atoms with E-state index in [0.29, 0.717) is 29.2 Å². The summed E-state index contributed by atoms with van der Waals surface area (Å²) in [7, 11) is -3.61. The highest BCUT2D eigenvalue weighted by Gasteiger charge is 2.20. The molecule has 5 nitrogen and oxygen atoms in total. The van der Waals surface area contributed by atoms with Gasteiger partial charge >= 0.3 is 0 Å². The van der Waals surface area contributed by atoms with E-state index in [2.05, 4.69) is 4.72 Å². The summed E-state index contributed by atoms with van der Waals surface area (Å²) < 4.78 is 32.8. The van der Waals surface area contributed by atoms with E-state index in [0.717, 1.165) is 25.9 Å². The van der Waals surface area contributed by atoms with Gasteiger partial charge in [0.15, 0.2) is 0 Å². The van der Waals surface area contributed by atoms with E-state index >= 15 is 0 Å². The van der Waals surface area contributed by atoms with Gasteiger partial charge in [-0.2, -0.15) is 0 Å². The lowest BCUT2D eigenvalue weighted by Crippen LogP contribution is -2.30. The first kappa shape index (κ1) is 16.5. The van der Waals surface area contributed by atoms with E-state index in [-0.39, 0.29) is 11.0 Å². The normalized spacial score (nSPS) is 19.6. The zero-order valence-electron chi connectivity index (χ0n) is 12.1. The number of ether oxygens (including phenoxy) is 1. The van der Waals surface area contributed by atoms with Crippen LogP contribution in [0.1, 0.15) is 31.2 Å². The minimum Gasteiger partial charge on any atom is -0.398 e. The molecule has 1 fully saturated rings. The second kappa shape index (κ2) is 6.96. The van der Waals surface area contributed by atoms with E-state index in [9.17, 15) is 8.42 Å². The molecule has 0 amide bonds. The van der Waals surface area contributed by atoms with Crippen LogP contribution < -0.4 is 10.5 Å². The van der Waals surface area contributed by atoms with Crippen molar-refractivity contribution in [2.24, 2.45) is 0 Å². The minimum absolute atomic E-state index is 0.136. The molecule has 7 heteroatoms. The first-order chi connectivity index (χ1) is 9.90. The van der Waals surface area contributed by atoms with Gasteiger partial charge in [0.1, 0.15) is 0 Å². The molecule has 1 aromatic carbocycles. The van der Waals surface area contributed by atoms with Gasteiger partial charge in [-0.3, -0.25) is 0 Å². The zero-order valence-corrected chi connectivity index (χ0v) is 13.6. The molecule has 1 heterocycles.